The van der Waals surface area contributed by atoms with Gasteiger partial charge in [0.2, 0.25) is 5.78 Å². The van der Waals surface area contributed by atoms with Crippen LogP contribution in [0.3, 0.4) is 0 Å². The highest BCUT2D eigenvalue weighted by Crippen LogP contribution is 2.20. The molecule has 0 aromatic carbocycles. The van der Waals surface area contributed by atoms with Crippen LogP contribution in [0.4, 0.5) is 0 Å². The van der Waals surface area contributed by atoms with Gasteiger partial charge in [-0.2, -0.15) is 0 Å². The molecular weight excluding hydrogens is 326 g/mol. The second-order valence-electron chi connectivity index (χ2n) is 5.47. The summed E-state index contributed by atoms with van der Waals surface area (Å²) in [5, 5.41) is 1.90. The third-order valence-corrected chi connectivity index (χ3v) is 4.46. The number of aromatic nitrogens is 1. The summed E-state index contributed by atoms with van der Waals surface area (Å²) in [6.45, 7) is 6.41. The van der Waals surface area contributed by atoms with Crippen molar-refractivity contribution in [1.82, 2.24) is 4.98 Å². The van der Waals surface area contributed by atoms with Crippen molar-refractivity contribution in [2.75, 3.05) is 0 Å². The highest BCUT2D eigenvalue weighted by atomic mass is 32.1. The van der Waals surface area contributed by atoms with E-state index in [1.54, 1.807) is 19.9 Å². The smallest absolute Gasteiger partial charge is 0.331 e. The Balaban J connectivity index is 2.08. The molecule has 126 valence electrons. The lowest BCUT2D eigenvalue weighted by Gasteiger charge is -2.10. The van der Waals surface area contributed by atoms with Crippen LogP contribution >= 0.6 is 11.3 Å². The van der Waals surface area contributed by atoms with Gasteiger partial charge in [0, 0.05) is 22.2 Å². The Morgan fingerprint density at radius 1 is 1.29 bits per heavy atom. The van der Waals surface area contributed by atoms with Crippen molar-refractivity contribution in [3.63, 3.8) is 0 Å². The maximum Gasteiger partial charge on any atom is 0.331 e. The number of carbonyl (C=O) groups excluding carboxylic acids is 3. The fourth-order valence-electron chi connectivity index (χ4n) is 2.53. The minimum Gasteiger partial charge on any atom is -0.451 e. The van der Waals surface area contributed by atoms with E-state index >= 15 is 0 Å². The van der Waals surface area contributed by atoms with Gasteiger partial charge in [-0.25, -0.2) is 4.79 Å². The van der Waals surface area contributed by atoms with Gasteiger partial charge >= 0.3 is 5.97 Å². The molecule has 2 aromatic heterocycles. The van der Waals surface area contributed by atoms with E-state index in [2.05, 4.69) is 4.98 Å². The number of rotatable bonds is 6. The lowest BCUT2D eigenvalue weighted by molar-refractivity contribution is -0.140. The van der Waals surface area contributed by atoms with Crippen molar-refractivity contribution in [1.29, 1.82) is 0 Å². The zero-order chi connectivity index (χ0) is 17.9. The molecule has 6 heteroatoms. The minimum absolute atomic E-state index is 0.108. The molecular formula is C18H19NO4S. The van der Waals surface area contributed by atoms with Crippen LogP contribution in [0.15, 0.2) is 23.6 Å². The van der Waals surface area contributed by atoms with Crippen molar-refractivity contribution < 1.29 is 19.1 Å². The second-order valence-corrected chi connectivity index (χ2v) is 6.45. The molecule has 24 heavy (non-hydrogen) atoms. The first-order valence-corrected chi connectivity index (χ1v) is 8.35. The summed E-state index contributed by atoms with van der Waals surface area (Å²) in [5.74, 6) is -1.05. The number of hydrogen-bond acceptors (Lipinski definition) is 5. The number of ether oxygens (including phenoxy) is 1. The Bertz CT molecular complexity index is 799. The number of hydrogen-bond donors (Lipinski definition) is 1. The van der Waals surface area contributed by atoms with E-state index in [4.69, 9.17) is 4.74 Å². The summed E-state index contributed by atoms with van der Waals surface area (Å²) in [5.41, 5.74) is 2.04. The first-order valence-electron chi connectivity index (χ1n) is 7.47. The largest absolute Gasteiger partial charge is 0.451 e. The molecule has 1 atom stereocenters. The number of esters is 1. The van der Waals surface area contributed by atoms with Gasteiger partial charge in [0.25, 0.3) is 0 Å². The Hall–Kier alpha value is -2.47. The zero-order valence-electron chi connectivity index (χ0n) is 14.0. The van der Waals surface area contributed by atoms with Gasteiger partial charge in [0.15, 0.2) is 11.9 Å². The molecule has 0 saturated heterocycles. The van der Waals surface area contributed by atoms with Crippen LogP contribution in [0.25, 0.3) is 6.08 Å². The van der Waals surface area contributed by atoms with Crippen LogP contribution in [0.5, 0.6) is 0 Å². The summed E-state index contributed by atoms with van der Waals surface area (Å²) < 4.78 is 5.15. The third-order valence-electron chi connectivity index (χ3n) is 3.62. The normalized spacial score (nSPS) is 12.3. The van der Waals surface area contributed by atoms with Crippen LogP contribution in [0, 0.1) is 13.8 Å². The molecule has 0 saturated carbocycles. The predicted octanol–water partition coefficient (Wildman–Crippen LogP) is 3.72. The lowest BCUT2D eigenvalue weighted by atomic mass is 10.0. The maximum absolute atomic E-state index is 12.5. The Kier molecular flexibility index (Phi) is 5.51. The summed E-state index contributed by atoms with van der Waals surface area (Å²) in [7, 11) is 0. The number of thiophene rings is 1. The van der Waals surface area contributed by atoms with E-state index in [9.17, 15) is 14.4 Å². The number of carbonyl (C=O) groups is 3. The van der Waals surface area contributed by atoms with Gasteiger partial charge in [-0.1, -0.05) is 6.07 Å². The van der Waals surface area contributed by atoms with Crippen molar-refractivity contribution >= 4 is 34.9 Å². The number of Topliss-reactive ketones (excluding diaryl/α,β-unsaturated/α-hetero) is 2. The van der Waals surface area contributed by atoms with Crippen molar-refractivity contribution in [2.24, 2.45) is 0 Å². The molecule has 5 nitrogen and oxygen atoms in total. The molecule has 2 aromatic rings. The van der Waals surface area contributed by atoms with Gasteiger partial charge in [0.1, 0.15) is 0 Å². The highest BCUT2D eigenvalue weighted by Gasteiger charge is 2.25. The van der Waals surface area contributed by atoms with E-state index < -0.39 is 12.1 Å². The highest BCUT2D eigenvalue weighted by molar-refractivity contribution is 7.10. The number of aryl methyl sites for hydroxylation is 1. The zero-order valence-corrected chi connectivity index (χ0v) is 14.8. The number of aromatic amines is 1. The fourth-order valence-corrected chi connectivity index (χ4v) is 3.15. The SMILES string of the molecule is CC(=O)c1c(C)[nH]c(C(=O)[C@@H](C)OC(=O)/C=C/c2cccs2)c1C. The minimum atomic E-state index is -0.943. The number of ketones is 2. The molecule has 0 aliphatic heterocycles. The molecule has 2 heterocycles. The number of nitrogens with one attached hydrogen (secondary N) is 1. The Morgan fingerprint density at radius 3 is 2.54 bits per heavy atom. The van der Waals surface area contributed by atoms with Crippen LogP contribution in [-0.2, 0) is 9.53 Å². The quantitative estimate of drug-likeness (QED) is 0.492. The summed E-state index contributed by atoms with van der Waals surface area (Å²) in [4.78, 5) is 39.8. The topological polar surface area (TPSA) is 76.2 Å². The molecule has 1 N–H and O–H groups in total. The Morgan fingerprint density at radius 2 is 2.00 bits per heavy atom. The van der Waals surface area contributed by atoms with E-state index in [1.807, 2.05) is 17.5 Å². The van der Waals surface area contributed by atoms with Crippen LogP contribution < -0.4 is 0 Å². The molecule has 0 unspecified atom stereocenters. The molecule has 0 fully saturated rings. The van der Waals surface area contributed by atoms with Gasteiger partial charge in [0.05, 0.1) is 5.69 Å². The van der Waals surface area contributed by atoms with Crippen molar-refractivity contribution in [3.05, 3.63) is 51.0 Å². The summed E-state index contributed by atoms with van der Waals surface area (Å²) in [6.07, 6.45) is 1.99. The summed E-state index contributed by atoms with van der Waals surface area (Å²) >= 11 is 1.50. The number of H-pyrrole nitrogens is 1. The van der Waals surface area contributed by atoms with E-state index in [-0.39, 0.29) is 11.6 Å². The van der Waals surface area contributed by atoms with E-state index in [0.29, 0.717) is 22.5 Å². The average Bonchev–Trinajstić information content (AvgIpc) is 3.12. The lowest BCUT2D eigenvalue weighted by Crippen LogP contribution is -2.24. The molecule has 0 aliphatic rings. The third kappa shape index (κ3) is 3.89. The predicted molar refractivity (Wildman–Crippen MR) is 93.5 cm³/mol. The standard InChI is InChI=1S/C18H19NO4S/c1-10-16(12(3)20)11(2)19-17(10)18(22)13(4)23-15(21)8-7-14-6-5-9-24-14/h5-9,13,19H,1-4H3/b8-7+/t13-/m1/s1. The van der Waals surface area contributed by atoms with Crippen LogP contribution in [0.2, 0.25) is 0 Å². The maximum atomic E-state index is 12.5. The summed E-state index contributed by atoms with van der Waals surface area (Å²) in [6, 6.07) is 3.75. The van der Waals surface area contributed by atoms with Gasteiger partial charge in [-0.05, 0) is 50.8 Å². The molecule has 0 aliphatic carbocycles. The molecule has 0 amide bonds. The second kappa shape index (κ2) is 7.40. The van der Waals surface area contributed by atoms with Gasteiger partial charge in [-0.3, -0.25) is 9.59 Å². The van der Waals surface area contributed by atoms with Crippen molar-refractivity contribution in [2.45, 2.75) is 33.8 Å². The monoisotopic (exact) mass is 345 g/mol. The fraction of sp³-hybridized carbons (Fsp3) is 0.278. The molecule has 0 radical (unpaired) electrons. The van der Waals surface area contributed by atoms with E-state index in [1.165, 1.54) is 31.3 Å². The van der Waals surface area contributed by atoms with Crippen LogP contribution in [-0.4, -0.2) is 28.6 Å². The van der Waals surface area contributed by atoms with Gasteiger partial charge in [-0.15, -0.1) is 11.3 Å². The van der Waals surface area contributed by atoms with Gasteiger partial charge < -0.3 is 9.72 Å². The Labute approximate surface area is 144 Å². The first-order chi connectivity index (χ1) is 11.3. The molecule has 2 rings (SSSR count). The van der Waals surface area contributed by atoms with Crippen molar-refractivity contribution in [3.8, 4) is 0 Å². The van der Waals surface area contributed by atoms with Crippen LogP contribution in [0.1, 0.15) is 50.8 Å². The first kappa shape index (κ1) is 17.9. The van der Waals surface area contributed by atoms with E-state index in [0.717, 1.165) is 4.88 Å². The molecule has 0 bridgehead atoms. The average molecular weight is 345 g/mol. The molecule has 0 spiro atoms.